The summed E-state index contributed by atoms with van der Waals surface area (Å²) in [6.07, 6.45) is 1.85. The van der Waals surface area contributed by atoms with Crippen molar-refractivity contribution in [1.29, 1.82) is 0 Å². The van der Waals surface area contributed by atoms with Crippen molar-refractivity contribution in [1.82, 2.24) is 4.90 Å². The Hall–Kier alpha value is -1.13. The van der Waals surface area contributed by atoms with E-state index in [0.717, 1.165) is 18.6 Å². The third-order valence-corrected chi connectivity index (χ3v) is 3.88. The van der Waals surface area contributed by atoms with E-state index >= 15 is 0 Å². The van der Waals surface area contributed by atoms with Crippen molar-refractivity contribution in [3.05, 3.63) is 29.8 Å². The van der Waals surface area contributed by atoms with Gasteiger partial charge in [0.1, 0.15) is 5.75 Å². The first kappa shape index (κ1) is 15.9. The number of likely N-dealkylation sites (N-methyl/N-ethyl adjacent to an activating group) is 1. The zero-order valence-corrected chi connectivity index (χ0v) is 13.0. The lowest BCUT2D eigenvalue weighted by molar-refractivity contribution is 0.221. The molecule has 106 valence electrons. The molecule has 2 atom stereocenters. The monoisotopic (exact) mass is 280 g/mol. The number of para-hydroxylation sites is 1. The molecule has 0 saturated heterocycles. The fourth-order valence-corrected chi connectivity index (χ4v) is 2.66. The van der Waals surface area contributed by atoms with Gasteiger partial charge in [-0.1, -0.05) is 37.3 Å². The molecule has 0 aliphatic heterocycles. The Morgan fingerprint density at radius 1 is 1.42 bits per heavy atom. The van der Waals surface area contributed by atoms with Crippen molar-refractivity contribution < 1.29 is 4.74 Å². The zero-order chi connectivity index (χ0) is 14.4. The van der Waals surface area contributed by atoms with Crippen LogP contribution in [0.5, 0.6) is 5.75 Å². The summed E-state index contributed by atoms with van der Waals surface area (Å²) in [5.74, 6) is 0.936. The molecule has 0 amide bonds. The Morgan fingerprint density at radius 3 is 2.58 bits per heavy atom. The Kier molecular flexibility index (Phi) is 6.25. The summed E-state index contributed by atoms with van der Waals surface area (Å²) < 4.78 is 5.39. The van der Waals surface area contributed by atoms with Crippen LogP contribution in [0.15, 0.2) is 24.3 Å². The first-order valence-electron chi connectivity index (χ1n) is 6.64. The van der Waals surface area contributed by atoms with Gasteiger partial charge in [0.2, 0.25) is 0 Å². The summed E-state index contributed by atoms with van der Waals surface area (Å²) in [4.78, 5) is 2.81. The molecule has 4 heteroatoms. The van der Waals surface area contributed by atoms with Crippen molar-refractivity contribution >= 4 is 17.2 Å². The maximum Gasteiger partial charge on any atom is 0.122 e. The first-order valence-corrected chi connectivity index (χ1v) is 7.05. The number of nitrogens with zero attached hydrogens (tertiary/aromatic N) is 1. The van der Waals surface area contributed by atoms with E-state index < -0.39 is 0 Å². The number of methoxy groups -OCH3 is 1. The van der Waals surface area contributed by atoms with Crippen molar-refractivity contribution in [2.75, 3.05) is 14.2 Å². The van der Waals surface area contributed by atoms with Gasteiger partial charge in [0.15, 0.2) is 0 Å². The van der Waals surface area contributed by atoms with E-state index in [1.165, 1.54) is 5.56 Å². The number of benzene rings is 1. The molecule has 0 aromatic heterocycles. The quantitative estimate of drug-likeness (QED) is 0.779. The number of rotatable bonds is 7. The van der Waals surface area contributed by atoms with E-state index in [-0.39, 0.29) is 6.04 Å². The second-order valence-electron chi connectivity index (χ2n) is 4.86. The molecular weight excluding hydrogens is 256 g/mol. The molecule has 0 aliphatic carbocycles. The molecule has 1 aromatic rings. The van der Waals surface area contributed by atoms with Crippen LogP contribution in [0.3, 0.4) is 0 Å². The molecule has 2 unspecified atom stereocenters. The van der Waals surface area contributed by atoms with Crippen LogP contribution in [0, 0.1) is 0 Å². The number of thiocarbonyl (C=S) groups is 1. The van der Waals surface area contributed by atoms with Crippen LogP contribution in [0.1, 0.15) is 25.8 Å². The van der Waals surface area contributed by atoms with Gasteiger partial charge < -0.3 is 10.5 Å². The summed E-state index contributed by atoms with van der Waals surface area (Å²) in [5.41, 5.74) is 7.01. The van der Waals surface area contributed by atoms with Crippen molar-refractivity contribution in [3.63, 3.8) is 0 Å². The van der Waals surface area contributed by atoms with E-state index in [1.807, 2.05) is 18.2 Å². The fraction of sp³-hybridized carbons (Fsp3) is 0.533. The lowest BCUT2D eigenvalue weighted by Crippen LogP contribution is -2.46. The summed E-state index contributed by atoms with van der Waals surface area (Å²) in [6, 6.07) is 8.62. The van der Waals surface area contributed by atoms with Crippen molar-refractivity contribution in [2.24, 2.45) is 5.73 Å². The van der Waals surface area contributed by atoms with Crippen LogP contribution in [0.4, 0.5) is 0 Å². The highest BCUT2D eigenvalue weighted by Crippen LogP contribution is 2.21. The molecule has 1 aromatic carbocycles. The van der Waals surface area contributed by atoms with Crippen LogP contribution >= 0.6 is 12.2 Å². The zero-order valence-electron chi connectivity index (χ0n) is 12.2. The highest BCUT2D eigenvalue weighted by atomic mass is 32.1. The predicted molar refractivity (Wildman–Crippen MR) is 84.8 cm³/mol. The standard InChI is InChI=1S/C15H24N2OS/c1-5-13(15(16)19)17(3)11(2)10-12-8-6-7-9-14(12)18-4/h6-9,11,13H,5,10H2,1-4H3,(H2,16,19). The second-order valence-corrected chi connectivity index (χ2v) is 5.33. The van der Waals surface area contributed by atoms with Crippen molar-refractivity contribution in [3.8, 4) is 5.75 Å². The van der Waals surface area contributed by atoms with Crippen LogP contribution in [0.25, 0.3) is 0 Å². The molecule has 19 heavy (non-hydrogen) atoms. The van der Waals surface area contributed by atoms with Gasteiger partial charge in [-0.3, -0.25) is 4.90 Å². The van der Waals surface area contributed by atoms with E-state index in [9.17, 15) is 0 Å². The Labute approximate surface area is 121 Å². The molecule has 1 rings (SSSR count). The Balaban J connectivity index is 2.78. The Bertz CT molecular complexity index is 422. The van der Waals surface area contributed by atoms with Crippen molar-refractivity contribution in [2.45, 2.75) is 38.8 Å². The Morgan fingerprint density at radius 2 is 2.05 bits per heavy atom. The van der Waals surface area contributed by atoms with E-state index in [1.54, 1.807) is 7.11 Å². The van der Waals surface area contributed by atoms with E-state index in [4.69, 9.17) is 22.7 Å². The largest absolute Gasteiger partial charge is 0.496 e. The highest BCUT2D eigenvalue weighted by molar-refractivity contribution is 7.80. The molecule has 0 radical (unpaired) electrons. The average molecular weight is 280 g/mol. The van der Waals surface area contributed by atoms with Gasteiger partial charge in [-0.15, -0.1) is 0 Å². The van der Waals surface area contributed by atoms with E-state index in [0.29, 0.717) is 11.0 Å². The number of hydrogen-bond donors (Lipinski definition) is 1. The lowest BCUT2D eigenvalue weighted by Gasteiger charge is -2.32. The summed E-state index contributed by atoms with van der Waals surface area (Å²) in [7, 11) is 3.78. The lowest BCUT2D eigenvalue weighted by atomic mass is 10.0. The highest BCUT2D eigenvalue weighted by Gasteiger charge is 2.21. The maximum absolute atomic E-state index is 5.80. The average Bonchev–Trinajstić information content (AvgIpc) is 2.39. The molecule has 0 spiro atoms. The van der Waals surface area contributed by atoms with Gasteiger partial charge in [-0.25, -0.2) is 0 Å². The number of hydrogen-bond acceptors (Lipinski definition) is 3. The fourth-order valence-electron chi connectivity index (χ4n) is 2.33. The van der Waals surface area contributed by atoms with Gasteiger partial charge in [-0.05, 0) is 38.4 Å². The third-order valence-electron chi connectivity index (χ3n) is 3.61. The molecule has 2 N–H and O–H groups in total. The number of nitrogens with two attached hydrogens (primary N) is 1. The minimum Gasteiger partial charge on any atom is -0.496 e. The summed E-state index contributed by atoms with van der Waals surface area (Å²) in [6.45, 7) is 4.30. The SMILES string of the molecule is CCC(C(N)=S)N(C)C(C)Cc1ccccc1OC. The normalized spacial score (nSPS) is 14.2. The molecule has 0 aliphatic rings. The summed E-state index contributed by atoms with van der Waals surface area (Å²) >= 11 is 5.14. The van der Waals surface area contributed by atoms with Gasteiger partial charge in [-0.2, -0.15) is 0 Å². The predicted octanol–water partition coefficient (Wildman–Crippen LogP) is 2.62. The second kappa shape index (κ2) is 7.46. The minimum atomic E-state index is 0.153. The van der Waals surface area contributed by atoms with Gasteiger partial charge >= 0.3 is 0 Å². The van der Waals surface area contributed by atoms with Crippen LogP contribution in [-0.4, -0.2) is 36.1 Å². The van der Waals surface area contributed by atoms with E-state index in [2.05, 4.69) is 31.9 Å². The topological polar surface area (TPSA) is 38.5 Å². The van der Waals surface area contributed by atoms with Gasteiger partial charge in [0.25, 0.3) is 0 Å². The van der Waals surface area contributed by atoms with Crippen LogP contribution < -0.4 is 10.5 Å². The summed E-state index contributed by atoms with van der Waals surface area (Å²) in [5, 5.41) is 0. The molecular formula is C15H24N2OS. The molecule has 3 nitrogen and oxygen atoms in total. The van der Waals surface area contributed by atoms with Crippen LogP contribution in [-0.2, 0) is 6.42 Å². The number of ether oxygens (including phenoxy) is 1. The third kappa shape index (κ3) is 4.18. The van der Waals surface area contributed by atoms with Crippen LogP contribution in [0.2, 0.25) is 0 Å². The maximum atomic E-state index is 5.80. The molecule has 0 fully saturated rings. The minimum absolute atomic E-state index is 0.153. The van der Waals surface area contributed by atoms with Gasteiger partial charge in [0, 0.05) is 6.04 Å². The molecule has 0 heterocycles. The smallest absolute Gasteiger partial charge is 0.122 e. The molecule has 0 saturated carbocycles. The first-order chi connectivity index (χ1) is 9.01. The van der Waals surface area contributed by atoms with Gasteiger partial charge in [0.05, 0.1) is 18.1 Å². The molecule has 0 bridgehead atoms.